The summed E-state index contributed by atoms with van der Waals surface area (Å²) in [5, 5.41) is 12.0. The number of carbonyl (C=O) groups is 1. The number of fused-ring (bicyclic) bond motifs is 2. The molecule has 9 heteroatoms. The molecule has 0 aliphatic heterocycles. The van der Waals surface area contributed by atoms with E-state index in [9.17, 15) is 4.79 Å². The van der Waals surface area contributed by atoms with Crippen molar-refractivity contribution in [1.82, 2.24) is 25.1 Å². The number of aromatic nitrogens is 4. The van der Waals surface area contributed by atoms with Crippen molar-refractivity contribution < 1.29 is 9.53 Å². The number of hydrogen-bond acceptors (Lipinski definition) is 6. The number of carbonyl (C=O) groups excluding carboxylic acids is 1. The summed E-state index contributed by atoms with van der Waals surface area (Å²) in [5.41, 5.74) is 16.5. The number of anilines is 1. The van der Waals surface area contributed by atoms with Gasteiger partial charge in [-0.25, -0.2) is 0 Å². The molecule has 0 unspecified atom stereocenters. The number of pyridine rings is 1. The standard InChI is InChI=1S/C23H27N7O2/c1-12-5-6-16-15(10-27-29-16)18(12)30-19(24)17(20(25)31)14-9-13(2)22(28-21(14)30)32-11-23(26-3)7-4-8-23/h5-6,9-10,26H,4,7-8,11,24H2,1-3H3,(H2,25,31)(H,27,29). The Labute approximate surface area is 185 Å². The monoisotopic (exact) mass is 433 g/mol. The number of ether oxygens (including phenoxy) is 1. The Bertz CT molecular complexity index is 1360. The highest BCUT2D eigenvalue weighted by molar-refractivity contribution is 6.11. The maximum Gasteiger partial charge on any atom is 0.253 e. The minimum atomic E-state index is -0.596. The molecule has 4 aromatic rings. The number of nitrogens with one attached hydrogen (secondary N) is 2. The molecule has 0 spiro atoms. The van der Waals surface area contributed by atoms with Crippen LogP contribution in [0.25, 0.3) is 27.6 Å². The van der Waals surface area contributed by atoms with E-state index in [0.717, 1.165) is 40.6 Å². The Morgan fingerprint density at radius 1 is 1.28 bits per heavy atom. The summed E-state index contributed by atoms with van der Waals surface area (Å²) in [6.07, 6.45) is 5.07. The van der Waals surface area contributed by atoms with Crippen LogP contribution in [0.2, 0.25) is 0 Å². The average molecular weight is 434 g/mol. The maximum absolute atomic E-state index is 12.4. The van der Waals surface area contributed by atoms with Crippen molar-refractivity contribution >= 4 is 33.7 Å². The fourth-order valence-electron chi connectivity index (χ4n) is 4.62. The van der Waals surface area contributed by atoms with Crippen LogP contribution in [0, 0.1) is 13.8 Å². The first-order valence-electron chi connectivity index (χ1n) is 10.7. The van der Waals surface area contributed by atoms with Crippen LogP contribution in [0.3, 0.4) is 0 Å². The third-order valence-electron chi connectivity index (χ3n) is 6.72. The van der Waals surface area contributed by atoms with Gasteiger partial charge in [-0.15, -0.1) is 0 Å². The normalized spacial score (nSPS) is 15.2. The number of amides is 1. The third kappa shape index (κ3) is 2.92. The second-order valence-electron chi connectivity index (χ2n) is 8.68. The third-order valence-corrected chi connectivity index (χ3v) is 6.72. The average Bonchev–Trinajstić information content (AvgIpc) is 3.30. The SMILES string of the molecule is CNC1(COc2nc3c(cc2C)c(C(N)=O)c(N)n3-c2c(C)ccc3[nH]ncc23)CCC1. The van der Waals surface area contributed by atoms with Crippen molar-refractivity contribution in [3.63, 3.8) is 0 Å². The van der Waals surface area contributed by atoms with Gasteiger partial charge in [-0.2, -0.15) is 10.1 Å². The first-order chi connectivity index (χ1) is 15.3. The summed E-state index contributed by atoms with van der Waals surface area (Å²) in [6.45, 7) is 4.42. The van der Waals surface area contributed by atoms with Crippen LogP contribution in [-0.4, -0.2) is 44.8 Å². The Kier molecular flexibility index (Phi) is 4.59. The number of likely N-dealkylation sites (N-methyl/N-ethyl adjacent to an activating group) is 1. The molecule has 3 aromatic heterocycles. The molecule has 1 amide bonds. The number of nitrogens with two attached hydrogens (primary N) is 2. The summed E-state index contributed by atoms with van der Waals surface area (Å²) in [6, 6.07) is 5.81. The molecule has 1 aliphatic carbocycles. The Hall–Kier alpha value is -3.59. The van der Waals surface area contributed by atoms with E-state index in [-0.39, 0.29) is 16.9 Å². The lowest BCUT2D eigenvalue weighted by atomic mass is 9.77. The highest BCUT2D eigenvalue weighted by atomic mass is 16.5. The smallest absolute Gasteiger partial charge is 0.253 e. The predicted octanol–water partition coefficient (Wildman–Crippen LogP) is 2.72. The molecular formula is C23H27N7O2. The van der Waals surface area contributed by atoms with Gasteiger partial charge in [-0.3, -0.25) is 14.5 Å². The number of aromatic amines is 1. The van der Waals surface area contributed by atoms with Gasteiger partial charge in [0.25, 0.3) is 5.91 Å². The van der Waals surface area contributed by atoms with E-state index < -0.39 is 5.91 Å². The summed E-state index contributed by atoms with van der Waals surface area (Å²) in [5.74, 6) is 0.173. The van der Waals surface area contributed by atoms with Crippen LogP contribution < -0.4 is 21.5 Å². The zero-order valence-electron chi connectivity index (χ0n) is 18.5. The predicted molar refractivity (Wildman–Crippen MR) is 124 cm³/mol. The molecule has 3 heterocycles. The number of rotatable bonds is 6. The summed E-state index contributed by atoms with van der Waals surface area (Å²) in [4.78, 5) is 17.2. The highest BCUT2D eigenvalue weighted by Gasteiger charge is 2.36. The Morgan fingerprint density at radius 2 is 2.06 bits per heavy atom. The molecule has 1 aliphatic rings. The minimum Gasteiger partial charge on any atom is -0.475 e. The van der Waals surface area contributed by atoms with Crippen molar-refractivity contribution in [1.29, 1.82) is 0 Å². The maximum atomic E-state index is 12.4. The second kappa shape index (κ2) is 7.23. The van der Waals surface area contributed by atoms with Gasteiger partial charge < -0.3 is 21.5 Å². The number of benzene rings is 1. The van der Waals surface area contributed by atoms with Crippen molar-refractivity contribution in [3.8, 4) is 11.6 Å². The molecule has 0 bridgehead atoms. The summed E-state index contributed by atoms with van der Waals surface area (Å²) in [7, 11) is 1.96. The largest absolute Gasteiger partial charge is 0.475 e. The molecule has 0 radical (unpaired) electrons. The molecule has 5 rings (SSSR count). The molecule has 1 saturated carbocycles. The van der Waals surface area contributed by atoms with Crippen molar-refractivity contribution in [2.24, 2.45) is 5.73 Å². The van der Waals surface area contributed by atoms with Gasteiger partial charge in [-0.1, -0.05) is 6.07 Å². The molecule has 6 N–H and O–H groups in total. The number of H-pyrrole nitrogens is 1. The van der Waals surface area contributed by atoms with Crippen LogP contribution in [0.1, 0.15) is 40.7 Å². The Morgan fingerprint density at radius 3 is 2.72 bits per heavy atom. The zero-order chi connectivity index (χ0) is 22.6. The Balaban J connectivity index is 1.73. The van der Waals surface area contributed by atoms with Gasteiger partial charge in [0.05, 0.1) is 28.5 Å². The molecule has 0 saturated heterocycles. The van der Waals surface area contributed by atoms with E-state index in [1.807, 2.05) is 39.1 Å². The molecular weight excluding hydrogens is 406 g/mol. The van der Waals surface area contributed by atoms with Crippen LogP contribution in [0.5, 0.6) is 5.88 Å². The van der Waals surface area contributed by atoms with Crippen LogP contribution >= 0.6 is 0 Å². The molecule has 32 heavy (non-hydrogen) atoms. The van der Waals surface area contributed by atoms with Crippen molar-refractivity contribution in [3.05, 3.63) is 41.1 Å². The zero-order valence-corrected chi connectivity index (χ0v) is 18.5. The quantitative estimate of drug-likeness (QED) is 0.369. The van der Waals surface area contributed by atoms with Crippen LogP contribution in [0.15, 0.2) is 24.4 Å². The number of hydrogen-bond donors (Lipinski definition) is 4. The molecule has 9 nitrogen and oxygen atoms in total. The number of primary amides is 1. The van der Waals surface area contributed by atoms with Gasteiger partial charge in [0.15, 0.2) is 5.65 Å². The van der Waals surface area contributed by atoms with Gasteiger partial charge >= 0.3 is 0 Å². The lowest BCUT2D eigenvalue weighted by Crippen LogP contribution is -2.53. The van der Waals surface area contributed by atoms with Gasteiger partial charge in [0.2, 0.25) is 5.88 Å². The lowest BCUT2D eigenvalue weighted by molar-refractivity contribution is 0.100. The van der Waals surface area contributed by atoms with E-state index in [0.29, 0.717) is 23.5 Å². The van der Waals surface area contributed by atoms with Gasteiger partial charge in [-0.05, 0) is 57.9 Å². The first-order valence-corrected chi connectivity index (χ1v) is 10.7. The van der Waals surface area contributed by atoms with Crippen LogP contribution in [0.4, 0.5) is 5.82 Å². The number of aryl methyl sites for hydroxylation is 2. The van der Waals surface area contributed by atoms with E-state index in [1.165, 1.54) is 6.42 Å². The summed E-state index contributed by atoms with van der Waals surface area (Å²) < 4.78 is 7.97. The summed E-state index contributed by atoms with van der Waals surface area (Å²) >= 11 is 0. The molecule has 1 aromatic carbocycles. The van der Waals surface area contributed by atoms with Crippen molar-refractivity contribution in [2.75, 3.05) is 19.4 Å². The fraction of sp³-hybridized carbons (Fsp3) is 0.348. The topological polar surface area (TPSA) is 137 Å². The lowest BCUT2D eigenvalue weighted by Gasteiger charge is -2.41. The van der Waals surface area contributed by atoms with Crippen molar-refractivity contribution in [2.45, 2.75) is 38.6 Å². The van der Waals surface area contributed by atoms with E-state index in [1.54, 1.807) is 10.8 Å². The highest BCUT2D eigenvalue weighted by Crippen LogP contribution is 2.37. The van der Waals surface area contributed by atoms with Crippen LogP contribution in [-0.2, 0) is 0 Å². The molecule has 0 atom stereocenters. The minimum absolute atomic E-state index is 0.0124. The first kappa shape index (κ1) is 20.3. The van der Waals surface area contributed by atoms with Gasteiger partial charge in [0.1, 0.15) is 12.4 Å². The number of nitrogens with zero attached hydrogens (tertiary/aromatic N) is 3. The molecule has 1 fully saturated rings. The fourth-order valence-corrected chi connectivity index (χ4v) is 4.62. The van der Waals surface area contributed by atoms with Gasteiger partial charge in [0, 0.05) is 16.3 Å². The van der Waals surface area contributed by atoms with E-state index >= 15 is 0 Å². The van der Waals surface area contributed by atoms with E-state index in [2.05, 4.69) is 15.5 Å². The number of nitrogen functional groups attached to an aromatic ring is 1. The second-order valence-corrected chi connectivity index (χ2v) is 8.68. The van der Waals surface area contributed by atoms with E-state index in [4.69, 9.17) is 21.2 Å². The molecule has 166 valence electrons.